The second kappa shape index (κ2) is 6.71. The Morgan fingerprint density at radius 1 is 1.56 bits per heavy atom. The molecule has 1 amide bonds. The zero-order chi connectivity index (χ0) is 13.5. The predicted molar refractivity (Wildman–Crippen MR) is 68.0 cm³/mol. The lowest BCUT2D eigenvalue weighted by molar-refractivity contribution is -0.384. The number of nitrogens with one attached hydrogen (secondary N) is 1. The van der Waals surface area contributed by atoms with E-state index in [-0.39, 0.29) is 11.3 Å². The molecule has 1 N–H and O–H groups in total. The number of nitro groups is 1. The smallest absolute Gasteiger partial charge is 0.270 e. The number of non-ortho nitro benzene ring substituents is 1. The van der Waals surface area contributed by atoms with Gasteiger partial charge in [-0.1, -0.05) is 0 Å². The first kappa shape index (κ1) is 14.1. The Morgan fingerprint density at radius 3 is 2.89 bits per heavy atom. The average Bonchev–Trinajstić information content (AvgIpc) is 2.34. The van der Waals surface area contributed by atoms with Gasteiger partial charge >= 0.3 is 0 Å². The topological polar surface area (TPSA) is 96.0 Å². The summed E-state index contributed by atoms with van der Waals surface area (Å²) in [5, 5.41) is 21.6. The molecule has 6 nitrogen and oxygen atoms in total. The Hall–Kier alpha value is -1.94. The fraction of sp³-hybridized carbons (Fsp3) is 0.273. The maximum absolute atomic E-state index is 11.8. The molecule has 1 aromatic carbocycles. The summed E-state index contributed by atoms with van der Waals surface area (Å²) in [7, 11) is 0. The van der Waals surface area contributed by atoms with Gasteiger partial charge in [0.1, 0.15) is 0 Å². The highest BCUT2D eigenvalue weighted by Crippen LogP contribution is 2.22. The largest absolute Gasteiger partial charge is 0.352 e. The van der Waals surface area contributed by atoms with E-state index in [0.29, 0.717) is 23.9 Å². The number of nitriles is 1. The molecule has 18 heavy (non-hydrogen) atoms. The van der Waals surface area contributed by atoms with Crippen molar-refractivity contribution in [1.82, 2.24) is 5.32 Å². The van der Waals surface area contributed by atoms with Gasteiger partial charge in [-0.2, -0.15) is 5.26 Å². The Bertz CT molecular complexity index is 511. The molecule has 0 saturated carbocycles. The molecule has 0 atom stereocenters. The normalized spacial score (nSPS) is 9.56. The Kier molecular flexibility index (Phi) is 5.27. The SMILES string of the molecule is N#CCCCNC(=O)c1cc([N+](=O)[O-])ccc1Br. The number of unbranched alkanes of at least 4 members (excludes halogenated alkanes) is 1. The maximum atomic E-state index is 11.8. The van der Waals surface area contributed by atoms with Gasteiger partial charge in [0.15, 0.2) is 0 Å². The van der Waals surface area contributed by atoms with Crippen molar-refractivity contribution in [3.63, 3.8) is 0 Å². The molecule has 0 aliphatic carbocycles. The first-order valence-electron chi connectivity index (χ1n) is 5.15. The van der Waals surface area contributed by atoms with Crippen LogP contribution in [-0.4, -0.2) is 17.4 Å². The van der Waals surface area contributed by atoms with Crippen LogP contribution in [0.3, 0.4) is 0 Å². The highest BCUT2D eigenvalue weighted by atomic mass is 79.9. The molecule has 0 heterocycles. The van der Waals surface area contributed by atoms with Crippen molar-refractivity contribution in [3.05, 3.63) is 38.3 Å². The van der Waals surface area contributed by atoms with Crippen LogP contribution in [0.5, 0.6) is 0 Å². The number of rotatable bonds is 5. The summed E-state index contributed by atoms with van der Waals surface area (Å²) in [4.78, 5) is 21.8. The van der Waals surface area contributed by atoms with Crippen molar-refractivity contribution in [3.8, 4) is 6.07 Å². The first-order valence-corrected chi connectivity index (χ1v) is 5.94. The van der Waals surface area contributed by atoms with Gasteiger partial charge in [-0.3, -0.25) is 14.9 Å². The monoisotopic (exact) mass is 311 g/mol. The van der Waals surface area contributed by atoms with Crippen LogP contribution in [0.15, 0.2) is 22.7 Å². The van der Waals surface area contributed by atoms with E-state index in [1.807, 2.05) is 6.07 Å². The van der Waals surface area contributed by atoms with Crippen LogP contribution in [-0.2, 0) is 0 Å². The molecular formula is C11H10BrN3O3. The summed E-state index contributed by atoms with van der Waals surface area (Å²) in [5.41, 5.74) is 0.0709. The molecule has 94 valence electrons. The number of nitro benzene ring substituents is 1. The summed E-state index contributed by atoms with van der Waals surface area (Å²) in [6.45, 7) is 0.363. The second-order valence-corrected chi connectivity index (χ2v) is 4.29. The Labute approximate surface area is 112 Å². The third-order valence-electron chi connectivity index (χ3n) is 2.16. The molecule has 0 aliphatic heterocycles. The van der Waals surface area contributed by atoms with Gasteiger partial charge in [0.25, 0.3) is 11.6 Å². The molecule has 0 unspecified atom stereocenters. The lowest BCUT2D eigenvalue weighted by Crippen LogP contribution is -2.24. The minimum absolute atomic E-state index is 0.139. The Morgan fingerprint density at radius 2 is 2.28 bits per heavy atom. The second-order valence-electron chi connectivity index (χ2n) is 3.44. The van der Waals surface area contributed by atoms with Crippen molar-refractivity contribution in [1.29, 1.82) is 5.26 Å². The first-order chi connectivity index (χ1) is 8.56. The van der Waals surface area contributed by atoms with Crippen LogP contribution < -0.4 is 5.32 Å². The van der Waals surface area contributed by atoms with E-state index in [0.717, 1.165) is 0 Å². The fourth-order valence-electron chi connectivity index (χ4n) is 1.27. The minimum atomic E-state index is -0.557. The lowest BCUT2D eigenvalue weighted by atomic mass is 10.2. The van der Waals surface area contributed by atoms with E-state index in [1.54, 1.807) is 0 Å². The standard InChI is InChI=1S/C11H10BrN3O3/c12-10-4-3-8(15(17)18)7-9(10)11(16)14-6-2-1-5-13/h3-4,7H,1-2,6H2,(H,14,16). The van der Waals surface area contributed by atoms with Crippen molar-refractivity contribution in [2.24, 2.45) is 0 Å². The average molecular weight is 312 g/mol. The molecule has 0 aromatic heterocycles. The number of halogens is 1. The summed E-state index contributed by atoms with van der Waals surface area (Å²) in [6.07, 6.45) is 0.908. The van der Waals surface area contributed by atoms with Crippen molar-refractivity contribution >= 4 is 27.5 Å². The van der Waals surface area contributed by atoms with Crippen LogP contribution >= 0.6 is 15.9 Å². The number of carbonyl (C=O) groups excluding carboxylic acids is 1. The van der Waals surface area contributed by atoms with E-state index in [9.17, 15) is 14.9 Å². The van der Waals surface area contributed by atoms with Crippen LogP contribution in [0.1, 0.15) is 23.2 Å². The highest BCUT2D eigenvalue weighted by molar-refractivity contribution is 9.10. The molecular weight excluding hydrogens is 302 g/mol. The van der Waals surface area contributed by atoms with Gasteiger partial charge in [-0.25, -0.2) is 0 Å². The predicted octanol–water partition coefficient (Wildman–Crippen LogP) is 2.39. The lowest BCUT2D eigenvalue weighted by Gasteiger charge is -2.05. The molecule has 0 saturated heterocycles. The van der Waals surface area contributed by atoms with Crippen molar-refractivity contribution in [2.75, 3.05) is 6.54 Å². The van der Waals surface area contributed by atoms with Crippen molar-refractivity contribution in [2.45, 2.75) is 12.8 Å². The molecule has 7 heteroatoms. The van der Waals surface area contributed by atoms with Gasteiger partial charge in [-0.05, 0) is 28.4 Å². The van der Waals surface area contributed by atoms with Gasteiger partial charge in [0.05, 0.1) is 16.6 Å². The van der Waals surface area contributed by atoms with Gasteiger partial charge in [-0.15, -0.1) is 0 Å². The van der Waals surface area contributed by atoms with Crippen LogP contribution in [0.2, 0.25) is 0 Å². The van der Waals surface area contributed by atoms with Gasteiger partial charge < -0.3 is 5.32 Å². The van der Waals surface area contributed by atoms with Crippen LogP contribution in [0, 0.1) is 21.4 Å². The number of carbonyl (C=O) groups is 1. The molecule has 0 aliphatic rings. The summed E-state index contributed by atoms with van der Waals surface area (Å²) in [5.74, 6) is -0.400. The maximum Gasteiger partial charge on any atom is 0.270 e. The summed E-state index contributed by atoms with van der Waals surface area (Å²) >= 11 is 3.17. The number of nitrogens with zero attached hydrogens (tertiary/aromatic N) is 2. The molecule has 0 fully saturated rings. The highest BCUT2D eigenvalue weighted by Gasteiger charge is 2.14. The number of benzene rings is 1. The quantitative estimate of drug-likeness (QED) is 0.513. The minimum Gasteiger partial charge on any atom is -0.352 e. The number of amides is 1. The fourth-order valence-corrected chi connectivity index (χ4v) is 1.69. The molecule has 0 radical (unpaired) electrons. The van der Waals surface area contributed by atoms with E-state index < -0.39 is 10.8 Å². The molecule has 0 spiro atoms. The summed E-state index contributed by atoms with van der Waals surface area (Å²) < 4.78 is 0.492. The van der Waals surface area contributed by atoms with Gasteiger partial charge in [0, 0.05) is 29.6 Å². The van der Waals surface area contributed by atoms with E-state index in [2.05, 4.69) is 21.2 Å². The van der Waals surface area contributed by atoms with E-state index >= 15 is 0 Å². The van der Waals surface area contributed by atoms with E-state index in [4.69, 9.17) is 5.26 Å². The third-order valence-corrected chi connectivity index (χ3v) is 2.85. The third kappa shape index (κ3) is 3.82. The zero-order valence-electron chi connectivity index (χ0n) is 9.35. The zero-order valence-corrected chi connectivity index (χ0v) is 10.9. The van der Waals surface area contributed by atoms with Crippen LogP contribution in [0.25, 0.3) is 0 Å². The van der Waals surface area contributed by atoms with E-state index in [1.165, 1.54) is 18.2 Å². The van der Waals surface area contributed by atoms with Crippen molar-refractivity contribution < 1.29 is 9.72 Å². The molecule has 1 aromatic rings. The Balaban J connectivity index is 2.76. The molecule has 0 bridgehead atoms. The summed E-state index contributed by atoms with van der Waals surface area (Å²) in [6, 6.07) is 5.96. The van der Waals surface area contributed by atoms with Crippen LogP contribution in [0.4, 0.5) is 5.69 Å². The number of hydrogen-bond donors (Lipinski definition) is 1. The number of hydrogen-bond acceptors (Lipinski definition) is 4. The van der Waals surface area contributed by atoms with Gasteiger partial charge in [0.2, 0.25) is 0 Å². The molecule has 1 rings (SSSR count).